The van der Waals surface area contributed by atoms with E-state index >= 15 is 0 Å². The normalized spacial score (nSPS) is 20.2. The Balaban J connectivity index is 1.75. The zero-order chi connectivity index (χ0) is 18.3. The quantitative estimate of drug-likeness (QED) is 0.896. The molecule has 0 bridgehead atoms. The highest BCUT2D eigenvalue weighted by molar-refractivity contribution is 6.06. The Morgan fingerprint density at radius 1 is 1.31 bits per heavy atom. The summed E-state index contributed by atoms with van der Waals surface area (Å²) in [5.41, 5.74) is 7.65. The molecule has 1 aliphatic heterocycles. The van der Waals surface area contributed by atoms with E-state index in [1.54, 1.807) is 12.0 Å². The largest absolute Gasteiger partial charge is 0.497 e. The van der Waals surface area contributed by atoms with Gasteiger partial charge in [-0.15, -0.1) is 0 Å². The predicted octanol–water partition coefficient (Wildman–Crippen LogP) is 1.45. The van der Waals surface area contributed by atoms with Crippen LogP contribution in [0.1, 0.15) is 34.8 Å². The topological polar surface area (TPSA) is 94.8 Å². The summed E-state index contributed by atoms with van der Waals surface area (Å²) in [5, 5.41) is 0.751. The Morgan fingerprint density at radius 3 is 2.81 bits per heavy atom. The minimum atomic E-state index is -0.766. The Morgan fingerprint density at radius 2 is 2.12 bits per heavy atom. The van der Waals surface area contributed by atoms with Crippen molar-refractivity contribution in [1.82, 2.24) is 9.88 Å². The highest BCUT2D eigenvalue weighted by atomic mass is 16.5. The van der Waals surface area contributed by atoms with Crippen molar-refractivity contribution in [2.24, 2.45) is 5.73 Å². The summed E-state index contributed by atoms with van der Waals surface area (Å²) in [4.78, 5) is 31.0. The van der Waals surface area contributed by atoms with Crippen LogP contribution in [0.4, 0.5) is 0 Å². The Bertz CT molecular complexity index is 878. The maximum atomic E-state index is 13.2. The molecule has 2 heterocycles. The molecule has 1 aromatic carbocycles. The molecule has 1 saturated carbocycles. The van der Waals surface area contributed by atoms with Crippen LogP contribution < -0.4 is 10.5 Å². The van der Waals surface area contributed by atoms with Gasteiger partial charge >= 0.3 is 0 Å². The Labute approximate surface area is 151 Å². The zero-order valence-electron chi connectivity index (χ0n) is 14.6. The number of hydrogen-bond donors (Lipinski definition) is 1. The molecule has 7 nitrogen and oxygen atoms in total. The van der Waals surface area contributed by atoms with Crippen molar-refractivity contribution in [2.45, 2.75) is 24.9 Å². The summed E-state index contributed by atoms with van der Waals surface area (Å²) in [7, 11) is 1.59. The van der Waals surface area contributed by atoms with E-state index in [9.17, 15) is 9.59 Å². The minimum absolute atomic E-state index is 0.137. The van der Waals surface area contributed by atoms with E-state index in [2.05, 4.69) is 0 Å². The molecule has 4 rings (SSSR count). The molecule has 1 atom stereocenters. The number of morpholine rings is 1. The van der Waals surface area contributed by atoms with Gasteiger partial charge in [0.2, 0.25) is 5.91 Å². The van der Waals surface area contributed by atoms with Crippen molar-refractivity contribution in [3.8, 4) is 5.75 Å². The maximum absolute atomic E-state index is 13.2. The number of methoxy groups -OCH3 is 1. The molecule has 2 N–H and O–H groups in total. The van der Waals surface area contributed by atoms with Gasteiger partial charge in [0, 0.05) is 23.5 Å². The number of amides is 2. The van der Waals surface area contributed by atoms with Crippen molar-refractivity contribution >= 4 is 22.7 Å². The van der Waals surface area contributed by atoms with Gasteiger partial charge in [0.1, 0.15) is 5.75 Å². The highest BCUT2D eigenvalue weighted by Gasteiger charge is 2.31. The molecule has 7 heteroatoms. The molecule has 2 amide bonds. The molecule has 2 aliphatic rings. The molecule has 1 aliphatic carbocycles. The van der Waals surface area contributed by atoms with Crippen LogP contribution >= 0.6 is 0 Å². The zero-order valence-corrected chi connectivity index (χ0v) is 14.6. The average Bonchev–Trinajstić information content (AvgIpc) is 3.51. The summed E-state index contributed by atoms with van der Waals surface area (Å²) < 4.78 is 10.7. The predicted molar refractivity (Wildman–Crippen MR) is 95.1 cm³/mol. The fourth-order valence-electron chi connectivity index (χ4n) is 3.29. The number of ether oxygens (including phenoxy) is 2. The van der Waals surface area contributed by atoms with Crippen LogP contribution in [0.5, 0.6) is 5.75 Å². The van der Waals surface area contributed by atoms with Crippen LogP contribution in [0.15, 0.2) is 24.3 Å². The van der Waals surface area contributed by atoms with E-state index in [0.717, 1.165) is 29.4 Å². The number of carbonyl (C=O) groups excluding carboxylic acids is 2. The molecular formula is C19H21N3O4. The first-order chi connectivity index (χ1) is 12.6. The van der Waals surface area contributed by atoms with Crippen LogP contribution in [0, 0.1) is 0 Å². The van der Waals surface area contributed by atoms with Crippen LogP contribution in [0.2, 0.25) is 0 Å². The molecule has 0 spiro atoms. The lowest BCUT2D eigenvalue weighted by atomic mass is 10.0. The first kappa shape index (κ1) is 16.8. The minimum Gasteiger partial charge on any atom is -0.497 e. The second-order valence-electron chi connectivity index (χ2n) is 6.77. The number of carbonyl (C=O) groups is 2. The fourth-order valence-corrected chi connectivity index (χ4v) is 3.29. The number of primary amides is 1. The van der Waals surface area contributed by atoms with Crippen LogP contribution in [-0.4, -0.2) is 54.6 Å². The first-order valence-electron chi connectivity index (χ1n) is 8.75. The maximum Gasteiger partial charge on any atom is 0.254 e. The van der Waals surface area contributed by atoms with Gasteiger partial charge in [0.15, 0.2) is 6.10 Å². The van der Waals surface area contributed by atoms with Crippen LogP contribution in [-0.2, 0) is 9.53 Å². The second-order valence-corrected chi connectivity index (χ2v) is 6.77. The standard InChI is InChI=1S/C19H21N3O4/c1-25-12-4-5-15-13(8-12)14(9-16(21-15)11-2-3-11)19(24)22-6-7-26-17(10-22)18(20)23/h4-5,8-9,11,17H,2-3,6-7,10H2,1H3,(H2,20,23). The van der Waals surface area contributed by atoms with Gasteiger partial charge in [-0.1, -0.05) is 0 Å². The van der Waals surface area contributed by atoms with E-state index in [4.69, 9.17) is 20.2 Å². The van der Waals surface area contributed by atoms with Gasteiger partial charge in [-0.25, -0.2) is 0 Å². The fraction of sp³-hybridized carbons (Fsp3) is 0.421. The molecule has 2 aromatic rings. The number of aromatic nitrogens is 1. The molecule has 0 radical (unpaired) electrons. The molecule has 1 unspecified atom stereocenters. The number of benzene rings is 1. The van der Waals surface area contributed by atoms with E-state index in [1.165, 1.54) is 0 Å². The molecular weight excluding hydrogens is 334 g/mol. The van der Waals surface area contributed by atoms with Crippen molar-refractivity contribution in [3.63, 3.8) is 0 Å². The van der Waals surface area contributed by atoms with Crippen molar-refractivity contribution in [1.29, 1.82) is 0 Å². The van der Waals surface area contributed by atoms with Crippen molar-refractivity contribution in [3.05, 3.63) is 35.5 Å². The lowest BCUT2D eigenvalue weighted by molar-refractivity contribution is -0.133. The van der Waals surface area contributed by atoms with Gasteiger partial charge in [-0.05, 0) is 37.1 Å². The average molecular weight is 355 g/mol. The third kappa shape index (κ3) is 3.10. The first-order valence-corrected chi connectivity index (χ1v) is 8.75. The van der Waals surface area contributed by atoms with Gasteiger partial charge in [-0.2, -0.15) is 0 Å². The summed E-state index contributed by atoms with van der Waals surface area (Å²) in [6.45, 7) is 0.886. The molecule has 1 saturated heterocycles. The van der Waals surface area contributed by atoms with E-state index in [0.29, 0.717) is 30.4 Å². The molecule has 26 heavy (non-hydrogen) atoms. The Kier molecular flexibility index (Phi) is 4.24. The SMILES string of the molecule is COc1ccc2nc(C3CC3)cc(C(=O)N3CCOC(C(N)=O)C3)c2c1. The molecule has 136 valence electrons. The highest BCUT2D eigenvalue weighted by Crippen LogP contribution is 2.40. The van der Waals surface area contributed by atoms with Crippen LogP contribution in [0.25, 0.3) is 10.9 Å². The van der Waals surface area contributed by atoms with Gasteiger partial charge in [0.25, 0.3) is 5.91 Å². The number of hydrogen-bond acceptors (Lipinski definition) is 5. The van der Waals surface area contributed by atoms with E-state index in [1.807, 2.05) is 24.3 Å². The van der Waals surface area contributed by atoms with Crippen molar-refractivity contribution < 1.29 is 19.1 Å². The summed E-state index contributed by atoms with van der Waals surface area (Å²) in [5.74, 6) is 0.408. The lowest BCUT2D eigenvalue weighted by Crippen LogP contribution is -2.50. The summed E-state index contributed by atoms with van der Waals surface area (Å²) >= 11 is 0. The molecule has 2 fully saturated rings. The van der Waals surface area contributed by atoms with Gasteiger partial charge in [-0.3, -0.25) is 14.6 Å². The number of pyridine rings is 1. The summed E-state index contributed by atoms with van der Waals surface area (Å²) in [6, 6.07) is 7.44. The van der Waals surface area contributed by atoms with E-state index in [-0.39, 0.29) is 12.5 Å². The lowest BCUT2D eigenvalue weighted by Gasteiger charge is -2.31. The number of nitrogens with two attached hydrogens (primary N) is 1. The second kappa shape index (κ2) is 6.57. The van der Waals surface area contributed by atoms with Gasteiger partial charge in [0.05, 0.1) is 31.3 Å². The molecule has 1 aromatic heterocycles. The smallest absolute Gasteiger partial charge is 0.254 e. The Hall–Kier alpha value is -2.67. The third-order valence-corrected chi connectivity index (χ3v) is 4.93. The van der Waals surface area contributed by atoms with Crippen molar-refractivity contribution in [2.75, 3.05) is 26.8 Å². The monoisotopic (exact) mass is 355 g/mol. The van der Waals surface area contributed by atoms with Gasteiger partial charge < -0.3 is 20.1 Å². The van der Waals surface area contributed by atoms with E-state index < -0.39 is 12.0 Å². The van der Waals surface area contributed by atoms with Crippen LogP contribution in [0.3, 0.4) is 0 Å². The number of nitrogens with zero attached hydrogens (tertiary/aromatic N) is 2. The number of rotatable bonds is 4. The number of fused-ring (bicyclic) bond motifs is 1. The third-order valence-electron chi connectivity index (χ3n) is 4.93. The summed E-state index contributed by atoms with van der Waals surface area (Å²) in [6.07, 6.45) is 1.44.